The average Bonchev–Trinajstić information content (AvgIpc) is 3.16. The van der Waals surface area contributed by atoms with E-state index in [1.165, 1.54) is 12.1 Å². The first kappa shape index (κ1) is 15.4. The Morgan fingerprint density at radius 2 is 2.08 bits per heavy atom. The van der Waals surface area contributed by atoms with Crippen molar-refractivity contribution in [2.45, 2.75) is 18.9 Å². The molecule has 4 rings (SSSR count). The Bertz CT molecular complexity index is 1000. The van der Waals surface area contributed by atoms with Crippen molar-refractivity contribution in [2.24, 2.45) is 0 Å². The minimum atomic E-state index is -0.353. The topological polar surface area (TPSA) is 38.1 Å². The maximum atomic E-state index is 13.5. The molecule has 0 saturated carbocycles. The van der Waals surface area contributed by atoms with Crippen LogP contribution in [0.3, 0.4) is 0 Å². The highest BCUT2D eigenvalue weighted by atomic mass is 19.1. The van der Waals surface area contributed by atoms with Gasteiger partial charge < -0.3 is 9.47 Å². The lowest BCUT2D eigenvalue weighted by molar-refractivity contribution is -0.117. The number of aromatic nitrogens is 2. The number of halogens is 1. The van der Waals surface area contributed by atoms with E-state index in [0.717, 1.165) is 16.9 Å². The second kappa shape index (κ2) is 6.06. The Kier molecular flexibility index (Phi) is 3.73. The van der Waals surface area contributed by atoms with Gasteiger partial charge in [-0.05, 0) is 30.3 Å². The van der Waals surface area contributed by atoms with Crippen LogP contribution in [0.25, 0.3) is 11.0 Å². The van der Waals surface area contributed by atoms with Gasteiger partial charge in [-0.1, -0.05) is 24.1 Å². The van der Waals surface area contributed by atoms with Gasteiger partial charge in [0.05, 0.1) is 17.6 Å². The predicted molar refractivity (Wildman–Crippen MR) is 94.7 cm³/mol. The lowest BCUT2D eigenvalue weighted by Crippen LogP contribution is -2.24. The van der Waals surface area contributed by atoms with Crippen molar-refractivity contribution >= 4 is 22.6 Å². The molecule has 2 aromatic carbocycles. The lowest BCUT2D eigenvalue weighted by atomic mass is 10.1. The normalized spacial score (nSPS) is 17.2. The van der Waals surface area contributed by atoms with E-state index in [0.29, 0.717) is 25.2 Å². The van der Waals surface area contributed by atoms with Gasteiger partial charge in [-0.3, -0.25) is 4.79 Å². The largest absolute Gasteiger partial charge is 0.316 e. The summed E-state index contributed by atoms with van der Waals surface area (Å²) < 4.78 is 15.5. The Morgan fingerprint density at radius 3 is 2.88 bits per heavy atom. The van der Waals surface area contributed by atoms with Crippen LogP contribution in [-0.2, 0) is 11.3 Å². The summed E-state index contributed by atoms with van der Waals surface area (Å²) in [6.07, 6.45) is 5.86. The fourth-order valence-corrected chi connectivity index (χ4v) is 3.44. The molecule has 1 aromatic heterocycles. The van der Waals surface area contributed by atoms with Gasteiger partial charge in [-0.25, -0.2) is 9.37 Å². The third-order valence-electron chi connectivity index (χ3n) is 4.54. The molecule has 124 valence electrons. The number of para-hydroxylation sites is 2. The summed E-state index contributed by atoms with van der Waals surface area (Å²) in [7, 11) is 0. The summed E-state index contributed by atoms with van der Waals surface area (Å²) >= 11 is 0. The Morgan fingerprint density at radius 1 is 1.24 bits per heavy atom. The van der Waals surface area contributed by atoms with Gasteiger partial charge in [-0.15, -0.1) is 6.42 Å². The first-order chi connectivity index (χ1) is 12.2. The highest BCUT2D eigenvalue weighted by molar-refractivity contribution is 5.96. The van der Waals surface area contributed by atoms with Crippen molar-refractivity contribution < 1.29 is 9.18 Å². The molecule has 1 aliphatic rings. The zero-order valence-corrected chi connectivity index (χ0v) is 13.5. The summed E-state index contributed by atoms with van der Waals surface area (Å²) in [5, 5.41) is 0. The van der Waals surface area contributed by atoms with E-state index in [9.17, 15) is 9.18 Å². The molecule has 1 fully saturated rings. The number of amides is 1. The van der Waals surface area contributed by atoms with E-state index < -0.39 is 0 Å². The van der Waals surface area contributed by atoms with E-state index in [-0.39, 0.29) is 17.6 Å². The first-order valence-electron chi connectivity index (χ1n) is 8.12. The van der Waals surface area contributed by atoms with Crippen LogP contribution in [0.4, 0.5) is 10.1 Å². The van der Waals surface area contributed by atoms with Crippen LogP contribution in [0.5, 0.6) is 0 Å². The van der Waals surface area contributed by atoms with Crippen molar-refractivity contribution in [3.05, 3.63) is 60.2 Å². The maximum Gasteiger partial charge on any atom is 0.227 e. The number of carbonyl (C=O) groups is 1. The predicted octanol–water partition coefficient (Wildman–Crippen LogP) is 3.33. The monoisotopic (exact) mass is 333 g/mol. The Labute approximate surface area is 144 Å². The van der Waals surface area contributed by atoms with Crippen molar-refractivity contribution in [1.82, 2.24) is 9.55 Å². The second-order valence-corrected chi connectivity index (χ2v) is 6.13. The summed E-state index contributed by atoms with van der Waals surface area (Å²) in [6, 6.07) is 13.9. The molecule has 1 unspecified atom stereocenters. The summed E-state index contributed by atoms with van der Waals surface area (Å²) in [5.74, 6) is 3.02. The van der Waals surface area contributed by atoms with E-state index in [1.54, 1.807) is 17.0 Å². The van der Waals surface area contributed by atoms with Crippen LogP contribution in [0.15, 0.2) is 48.5 Å². The molecule has 25 heavy (non-hydrogen) atoms. The summed E-state index contributed by atoms with van der Waals surface area (Å²) in [6.45, 7) is 0.872. The number of hydrogen-bond acceptors (Lipinski definition) is 2. The molecule has 2 heterocycles. The minimum absolute atomic E-state index is 0.0325. The fraction of sp³-hybridized carbons (Fsp3) is 0.200. The van der Waals surface area contributed by atoms with Crippen molar-refractivity contribution in [3.63, 3.8) is 0 Å². The van der Waals surface area contributed by atoms with Crippen LogP contribution in [0.1, 0.15) is 18.2 Å². The number of terminal acetylenes is 1. The number of carbonyl (C=O) groups excluding carboxylic acids is 1. The molecule has 0 spiro atoms. The van der Waals surface area contributed by atoms with E-state index in [2.05, 4.69) is 5.92 Å². The molecule has 0 N–H and O–H groups in total. The van der Waals surface area contributed by atoms with Crippen molar-refractivity contribution in [3.8, 4) is 12.3 Å². The zero-order valence-electron chi connectivity index (χ0n) is 13.5. The maximum absolute atomic E-state index is 13.5. The van der Waals surface area contributed by atoms with Crippen LogP contribution in [-0.4, -0.2) is 22.0 Å². The quantitative estimate of drug-likeness (QED) is 0.690. The molecular weight excluding hydrogens is 317 g/mol. The number of fused-ring (bicyclic) bond motifs is 1. The number of hydrogen-bond donors (Lipinski definition) is 0. The number of nitrogens with zero attached hydrogens (tertiary/aromatic N) is 3. The van der Waals surface area contributed by atoms with Crippen LogP contribution >= 0.6 is 0 Å². The molecule has 1 amide bonds. The lowest BCUT2D eigenvalue weighted by Gasteiger charge is -2.17. The van der Waals surface area contributed by atoms with Crippen molar-refractivity contribution in [1.29, 1.82) is 0 Å². The smallest absolute Gasteiger partial charge is 0.227 e. The van der Waals surface area contributed by atoms with Crippen LogP contribution in [0.2, 0.25) is 0 Å². The molecule has 5 heteroatoms. The molecule has 0 radical (unpaired) electrons. The van der Waals surface area contributed by atoms with Gasteiger partial charge in [0.15, 0.2) is 0 Å². The van der Waals surface area contributed by atoms with Gasteiger partial charge >= 0.3 is 0 Å². The fourth-order valence-electron chi connectivity index (χ4n) is 3.44. The highest BCUT2D eigenvalue weighted by Crippen LogP contribution is 2.33. The zero-order chi connectivity index (χ0) is 17.4. The Balaban J connectivity index is 1.72. The van der Waals surface area contributed by atoms with E-state index >= 15 is 0 Å². The van der Waals surface area contributed by atoms with Gasteiger partial charge in [0.1, 0.15) is 11.6 Å². The summed E-state index contributed by atoms with van der Waals surface area (Å²) in [4.78, 5) is 18.8. The first-order valence-corrected chi connectivity index (χ1v) is 8.12. The molecule has 0 aliphatic carbocycles. The van der Waals surface area contributed by atoms with Gasteiger partial charge in [0.25, 0.3) is 0 Å². The molecule has 3 aromatic rings. The summed E-state index contributed by atoms with van der Waals surface area (Å²) in [5.41, 5.74) is 2.41. The van der Waals surface area contributed by atoms with Gasteiger partial charge in [0, 0.05) is 24.6 Å². The standard InChI is InChI=1S/C20H16FN3O/c1-2-10-23-18-9-4-3-8-17(18)22-20(23)14-11-19(25)24(13-14)16-7-5-6-15(21)12-16/h1,3-9,12,14H,10-11,13H2. The molecule has 0 bridgehead atoms. The number of benzene rings is 2. The number of rotatable bonds is 3. The highest BCUT2D eigenvalue weighted by Gasteiger charge is 2.34. The Hall–Kier alpha value is -3.13. The minimum Gasteiger partial charge on any atom is -0.316 e. The molecule has 1 aliphatic heterocycles. The SMILES string of the molecule is C#CCn1c(C2CC(=O)N(c3cccc(F)c3)C2)nc2ccccc21. The molecular formula is C20H16FN3O. The molecule has 1 saturated heterocycles. The second-order valence-electron chi connectivity index (χ2n) is 6.13. The third-order valence-corrected chi connectivity index (χ3v) is 4.54. The number of anilines is 1. The van der Waals surface area contributed by atoms with Crippen LogP contribution in [0, 0.1) is 18.2 Å². The molecule has 1 atom stereocenters. The average molecular weight is 333 g/mol. The van der Waals surface area contributed by atoms with Crippen molar-refractivity contribution in [2.75, 3.05) is 11.4 Å². The molecule has 4 nitrogen and oxygen atoms in total. The van der Waals surface area contributed by atoms with Crippen LogP contribution < -0.4 is 4.90 Å². The van der Waals surface area contributed by atoms with Gasteiger partial charge in [-0.2, -0.15) is 0 Å². The number of imidazole rings is 1. The third kappa shape index (κ3) is 2.66. The van der Waals surface area contributed by atoms with E-state index in [1.807, 2.05) is 28.8 Å². The van der Waals surface area contributed by atoms with E-state index in [4.69, 9.17) is 11.4 Å². The van der Waals surface area contributed by atoms with Gasteiger partial charge in [0.2, 0.25) is 5.91 Å².